The van der Waals surface area contributed by atoms with E-state index in [1.807, 2.05) is 6.07 Å². The second-order valence-electron chi connectivity index (χ2n) is 3.71. The zero-order valence-corrected chi connectivity index (χ0v) is 10.1. The summed E-state index contributed by atoms with van der Waals surface area (Å²) in [6, 6.07) is 10.4. The van der Waals surface area contributed by atoms with Crippen molar-refractivity contribution in [2.75, 3.05) is 20.8 Å². The molecule has 3 heteroatoms. The van der Waals surface area contributed by atoms with E-state index in [0.29, 0.717) is 0 Å². The summed E-state index contributed by atoms with van der Waals surface area (Å²) >= 11 is 0. The van der Waals surface area contributed by atoms with Gasteiger partial charge in [-0.1, -0.05) is 30.3 Å². The van der Waals surface area contributed by atoms with Gasteiger partial charge in [-0.05, 0) is 24.9 Å². The first-order valence-electron chi connectivity index (χ1n) is 5.67. The predicted octanol–water partition coefficient (Wildman–Crippen LogP) is 2.18. The highest BCUT2D eigenvalue weighted by molar-refractivity contribution is 5.14. The zero-order valence-electron chi connectivity index (χ0n) is 10.1. The topological polar surface area (TPSA) is 30.5 Å². The van der Waals surface area contributed by atoms with Crippen LogP contribution in [-0.4, -0.2) is 27.1 Å². The molecule has 90 valence electrons. The first-order chi connectivity index (χ1) is 7.86. The predicted molar refractivity (Wildman–Crippen MR) is 65.2 cm³/mol. The maximum atomic E-state index is 5.11. The van der Waals surface area contributed by atoms with E-state index in [-0.39, 0.29) is 6.29 Å². The van der Waals surface area contributed by atoms with Gasteiger partial charge in [0.25, 0.3) is 0 Å². The van der Waals surface area contributed by atoms with Crippen LogP contribution in [0.1, 0.15) is 18.4 Å². The van der Waals surface area contributed by atoms with Crippen LogP contribution in [0, 0.1) is 0 Å². The molecule has 0 spiro atoms. The Hall–Kier alpha value is -0.900. The smallest absolute Gasteiger partial charge is 0.156 e. The van der Waals surface area contributed by atoms with Crippen LogP contribution in [0.15, 0.2) is 30.3 Å². The van der Waals surface area contributed by atoms with E-state index in [9.17, 15) is 0 Å². The minimum absolute atomic E-state index is 0.0708. The fraction of sp³-hybridized carbons (Fsp3) is 0.538. The van der Waals surface area contributed by atoms with Crippen molar-refractivity contribution in [1.82, 2.24) is 5.32 Å². The molecule has 0 saturated carbocycles. The Kier molecular flexibility index (Phi) is 6.81. The van der Waals surface area contributed by atoms with Crippen LogP contribution in [0.25, 0.3) is 0 Å². The van der Waals surface area contributed by atoms with Crippen LogP contribution < -0.4 is 5.32 Å². The normalized spacial score (nSPS) is 10.9. The van der Waals surface area contributed by atoms with Crippen LogP contribution in [0.2, 0.25) is 0 Å². The quantitative estimate of drug-likeness (QED) is 0.541. The molecule has 0 bridgehead atoms. The Labute approximate surface area is 97.8 Å². The van der Waals surface area contributed by atoms with Gasteiger partial charge < -0.3 is 14.8 Å². The highest BCUT2D eigenvalue weighted by atomic mass is 16.7. The Bertz CT molecular complexity index is 260. The summed E-state index contributed by atoms with van der Waals surface area (Å²) < 4.78 is 10.2. The van der Waals surface area contributed by atoms with E-state index in [2.05, 4.69) is 29.6 Å². The average molecular weight is 223 g/mol. The molecule has 0 fully saturated rings. The van der Waals surface area contributed by atoms with Gasteiger partial charge in [-0.2, -0.15) is 0 Å². The van der Waals surface area contributed by atoms with Gasteiger partial charge >= 0.3 is 0 Å². The maximum absolute atomic E-state index is 5.11. The highest BCUT2D eigenvalue weighted by Gasteiger charge is 2.03. The van der Waals surface area contributed by atoms with Gasteiger partial charge in [-0.3, -0.25) is 0 Å². The SMILES string of the molecule is COC(CCCNCc1ccccc1)OC. The molecule has 0 amide bonds. The largest absolute Gasteiger partial charge is 0.356 e. The summed E-state index contributed by atoms with van der Waals surface area (Å²) in [5, 5.41) is 3.39. The Balaban J connectivity index is 2.04. The number of benzene rings is 1. The molecular weight excluding hydrogens is 202 g/mol. The van der Waals surface area contributed by atoms with E-state index < -0.39 is 0 Å². The van der Waals surface area contributed by atoms with Gasteiger partial charge in [0.1, 0.15) is 0 Å². The molecule has 1 rings (SSSR count). The van der Waals surface area contributed by atoms with Crippen molar-refractivity contribution < 1.29 is 9.47 Å². The van der Waals surface area contributed by atoms with Gasteiger partial charge in [-0.15, -0.1) is 0 Å². The molecule has 0 saturated heterocycles. The van der Waals surface area contributed by atoms with E-state index in [1.165, 1.54) is 5.56 Å². The zero-order chi connectivity index (χ0) is 11.6. The molecule has 1 N–H and O–H groups in total. The van der Waals surface area contributed by atoms with E-state index >= 15 is 0 Å². The summed E-state index contributed by atoms with van der Waals surface area (Å²) in [7, 11) is 3.34. The van der Waals surface area contributed by atoms with Crippen LogP contribution in [0.3, 0.4) is 0 Å². The molecule has 1 aromatic carbocycles. The molecular formula is C13H21NO2. The molecule has 0 aliphatic carbocycles. The van der Waals surface area contributed by atoms with Crippen molar-refractivity contribution in [2.24, 2.45) is 0 Å². The lowest BCUT2D eigenvalue weighted by molar-refractivity contribution is -0.106. The third kappa shape index (κ3) is 5.26. The second-order valence-corrected chi connectivity index (χ2v) is 3.71. The molecule has 0 aliphatic heterocycles. The fourth-order valence-electron chi connectivity index (χ4n) is 1.55. The molecule has 1 aromatic rings. The van der Waals surface area contributed by atoms with Crippen molar-refractivity contribution in [2.45, 2.75) is 25.7 Å². The van der Waals surface area contributed by atoms with Crippen molar-refractivity contribution in [3.63, 3.8) is 0 Å². The minimum Gasteiger partial charge on any atom is -0.356 e. The lowest BCUT2D eigenvalue weighted by Crippen LogP contribution is -2.18. The van der Waals surface area contributed by atoms with Crippen molar-refractivity contribution in [1.29, 1.82) is 0 Å². The standard InChI is InChI=1S/C13H21NO2/c1-15-13(16-2)9-6-10-14-11-12-7-4-3-5-8-12/h3-5,7-8,13-14H,6,9-11H2,1-2H3. The highest BCUT2D eigenvalue weighted by Crippen LogP contribution is 2.01. The first kappa shape index (κ1) is 13.2. The van der Waals surface area contributed by atoms with Gasteiger partial charge in [0.15, 0.2) is 6.29 Å². The van der Waals surface area contributed by atoms with Gasteiger partial charge in [0, 0.05) is 20.8 Å². The number of hydrogen-bond donors (Lipinski definition) is 1. The van der Waals surface area contributed by atoms with E-state index in [1.54, 1.807) is 14.2 Å². The first-order valence-corrected chi connectivity index (χ1v) is 5.67. The van der Waals surface area contributed by atoms with Crippen LogP contribution in [0.5, 0.6) is 0 Å². The average Bonchev–Trinajstić information content (AvgIpc) is 2.35. The lowest BCUT2D eigenvalue weighted by Gasteiger charge is -2.13. The molecule has 16 heavy (non-hydrogen) atoms. The lowest BCUT2D eigenvalue weighted by atomic mass is 10.2. The van der Waals surface area contributed by atoms with Crippen LogP contribution in [0.4, 0.5) is 0 Å². The Morgan fingerprint density at radius 3 is 2.44 bits per heavy atom. The molecule has 0 unspecified atom stereocenters. The summed E-state index contributed by atoms with van der Waals surface area (Å²) in [6.07, 6.45) is 1.91. The number of nitrogens with one attached hydrogen (secondary N) is 1. The van der Waals surface area contributed by atoms with Crippen molar-refractivity contribution in [3.05, 3.63) is 35.9 Å². The number of methoxy groups -OCH3 is 2. The molecule has 3 nitrogen and oxygen atoms in total. The third-order valence-corrected chi connectivity index (χ3v) is 2.49. The fourth-order valence-corrected chi connectivity index (χ4v) is 1.55. The molecule has 0 heterocycles. The van der Waals surface area contributed by atoms with Crippen molar-refractivity contribution in [3.8, 4) is 0 Å². The van der Waals surface area contributed by atoms with Gasteiger partial charge in [0.2, 0.25) is 0 Å². The van der Waals surface area contributed by atoms with Gasteiger partial charge in [-0.25, -0.2) is 0 Å². The number of ether oxygens (including phenoxy) is 2. The molecule has 0 aliphatic rings. The summed E-state index contributed by atoms with van der Waals surface area (Å²) in [5.41, 5.74) is 1.32. The molecule has 0 radical (unpaired) electrons. The van der Waals surface area contributed by atoms with Crippen LogP contribution >= 0.6 is 0 Å². The maximum Gasteiger partial charge on any atom is 0.156 e. The van der Waals surface area contributed by atoms with E-state index in [4.69, 9.17) is 9.47 Å². The monoisotopic (exact) mass is 223 g/mol. The van der Waals surface area contributed by atoms with E-state index in [0.717, 1.165) is 25.9 Å². The number of hydrogen-bond acceptors (Lipinski definition) is 3. The molecule has 0 atom stereocenters. The minimum atomic E-state index is -0.0708. The summed E-state index contributed by atoms with van der Waals surface area (Å²) in [5.74, 6) is 0. The molecule has 0 aromatic heterocycles. The third-order valence-electron chi connectivity index (χ3n) is 2.49. The Morgan fingerprint density at radius 1 is 1.12 bits per heavy atom. The van der Waals surface area contributed by atoms with Crippen molar-refractivity contribution >= 4 is 0 Å². The second kappa shape index (κ2) is 8.28. The van der Waals surface area contributed by atoms with Crippen LogP contribution in [-0.2, 0) is 16.0 Å². The summed E-state index contributed by atoms with van der Waals surface area (Å²) in [6.45, 7) is 1.91. The Morgan fingerprint density at radius 2 is 1.81 bits per heavy atom. The number of rotatable bonds is 8. The van der Waals surface area contributed by atoms with Gasteiger partial charge in [0.05, 0.1) is 0 Å². The summed E-state index contributed by atoms with van der Waals surface area (Å²) in [4.78, 5) is 0.